The molecule has 0 N–H and O–H groups in total. The van der Waals surface area contributed by atoms with Gasteiger partial charge >= 0.3 is 0 Å². The van der Waals surface area contributed by atoms with E-state index in [1.54, 1.807) is 0 Å². The predicted molar refractivity (Wildman–Crippen MR) is 131 cm³/mol. The Bertz CT molecular complexity index is 1490. The molecule has 1 heteroatoms. The van der Waals surface area contributed by atoms with Gasteiger partial charge in [-0.3, -0.25) is 0 Å². The summed E-state index contributed by atoms with van der Waals surface area (Å²) in [6.45, 7) is 0. The van der Waals surface area contributed by atoms with Crippen molar-refractivity contribution < 1.29 is 0 Å². The minimum atomic E-state index is 0.381. The molecular formula is C30H23N. The number of benzene rings is 4. The van der Waals surface area contributed by atoms with Crippen LogP contribution < -0.4 is 10.6 Å². The van der Waals surface area contributed by atoms with Crippen molar-refractivity contribution in [1.29, 1.82) is 0 Å². The van der Waals surface area contributed by atoms with Crippen molar-refractivity contribution in [2.24, 2.45) is 0 Å². The molecule has 0 saturated carbocycles. The van der Waals surface area contributed by atoms with Crippen LogP contribution in [0.4, 0.5) is 0 Å². The molecule has 5 aromatic rings. The van der Waals surface area contributed by atoms with E-state index in [9.17, 15) is 0 Å². The third-order valence-electron chi connectivity index (χ3n) is 6.32. The molecule has 1 aromatic heterocycles. The van der Waals surface area contributed by atoms with E-state index in [1.165, 1.54) is 43.8 Å². The molecule has 0 radical (unpaired) electrons. The summed E-state index contributed by atoms with van der Waals surface area (Å²) in [5.41, 5.74) is 6.41. The Hall–Kier alpha value is -3.84. The maximum Gasteiger partial charge on any atom is 0.0540 e. The average molecular weight is 398 g/mol. The van der Waals surface area contributed by atoms with Crippen LogP contribution in [-0.2, 0) is 0 Å². The van der Waals surface area contributed by atoms with E-state index in [2.05, 4.69) is 126 Å². The fourth-order valence-electron chi connectivity index (χ4n) is 4.84. The standard InChI is InChI=1S/C30H23N/c1-3-10-22(11-4-1)23-12-9-13-24(20-23)25-18-19-30-28(21-25)27-16-7-8-17-29(27)31(30)26-14-5-2-6-15-26/h1-17,19-21,25H,18H2. The molecule has 0 saturated heterocycles. The second-order valence-electron chi connectivity index (χ2n) is 8.19. The zero-order chi connectivity index (χ0) is 20.6. The maximum absolute atomic E-state index is 2.47. The van der Waals surface area contributed by atoms with Gasteiger partial charge in [0, 0.05) is 27.6 Å². The lowest BCUT2D eigenvalue weighted by Gasteiger charge is -2.16. The van der Waals surface area contributed by atoms with E-state index >= 15 is 0 Å². The van der Waals surface area contributed by atoms with E-state index in [0.29, 0.717) is 5.92 Å². The minimum Gasteiger partial charge on any atom is -0.310 e. The molecule has 0 aliphatic heterocycles. The Balaban J connectivity index is 1.52. The molecule has 0 bridgehead atoms. The lowest BCUT2D eigenvalue weighted by Crippen LogP contribution is -2.31. The van der Waals surface area contributed by atoms with Crippen molar-refractivity contribution in [2.45, 2.75) is 12.3 Å². The molecule has 1 atom stereocenters. The number of aromatic nitrogens is 1. The van der Waals surface area contributed by atoms with Gasteiger partial charge in [-0.15, -0.1) is 0 Å². The van der Waals surface area contributed by atoms with Crippen LogP contribution in [0.1, 0.15) is 17.9 Å². The van der Waals surface area contributed by atoms with Gasteiger partial charge in [-0.2, -0.15) is 0 Å². The van der Waals surface area contributed by atoms with E-state index in [1.807, 2.05) is 0 Å². The van der Waals surface area contributed by atoms with Crippen LogP contribution in [0.2, 0.25) is 0 Å². The fraction of sp³-hybridized carbons (Fsp3) is 0.0667. The SMILES string of the molecule is C1=c2c(n(-c3ccccc3)c3ccccc23)=CCC1c1cccc(-c2ccccc2)c1. The number of para-hydroxylation sites is 2. The van der Waals surface area contributed by atoms with Crippen molar-refractivity contribution in [3.05, 3.63) is 125 Å². The normalized spacial score (nSPS) is 15.2. The number of hydrogen-bond donors (Lipinski definition) is 0. The zero-order valence-corrected chi connectivity index (χ0v) is 17.3. The highest BCUT2D eigenvalue weighted by molar-refractivity contribution is 5.85. The molecule has 1 aliphatic carbocycles. The molecule has 0 spiro atoms. The van der Waals surface area contributed by atoms with Crippen LogP contribution in [0.25, 0.3) is 39.9 Å². The van der Waals surface area contributed by atoms with Crippen LogP contribution in [0.5, 0.6) is 0 Å². The van der Waals surface area contributed by atoms with Crippen molar-refractivity contribution in [3.63, 3.8) is 0 Å². The molecule has 4 aromatic carbocycles. The average Bonchev–Trinajstić information content (AvgIpc) is 3.19. The van der Waals surface area contributed by atoms with Crippen molar-refractivity contribution in [1.82, 2.24) is 4.57 Å². The van der Waals surface area contributed by atoms with E-state index in [4.69, 9.17) is 0 Å². The molecule has 1 nitrogen and oxygen atoms in total. The van der Waals surface area contributed by atoms with Crippen LogP contribution in [-0.4, -0.2) is 4.57 Å². The first-order chi connectivity index (χ1) is 15.4. The Labute approximate surface area is 182 Å². The van der Waals surface area contributed by atoms with Crippen LogP contribution >= 0.6 is 0 Å². The molecule has 0 fully saturated rings. The van der Waals surface area contributed by atoms with Gasteiger partial charge in [0.2, 0.25) is 0 Å². The number of fused-ring (bicyclic) bond motifs is 3. The topological polar surface area (TPSA) is 4.93 Å². The van der Waals surface area contributed by atoms with Gasteiger partial charge in [0.15, 0.2) is 0 Å². The lowest BCUT2D eigenvalue weighted by atomic mass is 9.89. The third-order valence-corrected chi connectivity index (χ3v) is 6.32. The third kappa shape index (κ3) is 3.10. The monoisotopic (exact) mass is 397 g/mol. The molecule has 1 aliphatic rings. The Morgan fingerprint density at radius 3 is 2.19 bits per heavy atom. The van der Waals surface area contributed by atoms with Gasteiger partial charge in [0.1, 0.15) is 0 Å². The summed E-state index contributed by atoms with van der Waals surface area (Å²) < 4.78 is 2.40. The summed E-state index contributed by atoms with van der Waals surface area (Å²) in [5.74, 6) is 0.381. The first-order valence-corrected chi connectivity index (χ1v) is 10.9. The van der Waals surface area contributed by atoms with Crippen molar-refractivity contribution >= 4 is 23.1 Å². The van der Waals surface area contributed by atoms with Crippen LogP contribution in [0, 0.1) is 0 Å². The van der Waals surface area contributed by atoms with Gasteiger partial charge in [-0.25, -0.2) is 0 Å². The highest BCUT2D eigenvalue weighted by Gasteiger charge is 2.16. The largest absolute Gasteiger partial charge is 0.310 e. The fourth-order valence-corrected chi connectivity index (χ4v) is 4.84. The summed E-state index contributed by atoms with van der Waals surface area (Å²) in [6, 6.07) is 39.1. The summed E-state index contributed by atoms with van der Waals surface area (Å²) in [4.78, 5) is 0. The smallest absolute Gasteiger partial charge is 0.0540 e. The lowest BCUT2D eigenvalue weighted by molar-refractivity contribution is 0.907. The second kappa shape index (κ2) is 7.45. The predicted octanol–water partition coefficient (Wildman–Crippen LogP) is 6.05. The first kappa shape index (κ1) is 18.0. The summed E-state index contributed by atoms with van der Waals surface area (Å²) in [5, 5.41) is 3.98. The number of hydrogen-bond acceptors (Lipinski definition) is 0. The highest BCUT2D eigenvalue weighted by atomic mass is 15.0. The summed E-state index contributed by atoms with van der Waals surface area (Å²) >= 11 is 0. The van der Waals surface area contributed by atoms with E-state index in [0.717, 1.165) is 6.42 Å². The number of nitrogens with zero attached hydrogens (tertiary/aromatic N) is 1. The van der Waals surface area contributed by atoms with Gasteiger partial charge in [-0.05, 0) is 41.3 Å². The van der Waals surface area contributed by atoms with Crippen molar-refractivity contribution in [2.75, 3.05) is 0 Å². The van der Waals surface area contributed by atoms with E-state index in [-0.39, 0.29) is 0 Å². The zero-order valence-electron chi connectivity index (χ0n) is 17.3. The second-order valence-corrected chi connectivity index (χ2v) is 8.19. The van der Waals surface area contributed by atoms with Gasteiger partial charge < -0.3 is 4.57 Å². The summed E-state index contributed by atoms with van der Waals surface area (Å²) in [7, 11) is 0. The molecule has 1 unspecified atom stereocenters. The number of rotatable bonds is 3. The quantitative estimate of drug-likeness (QED) is 0.349. The molecular weight excluding hydrogens is 374 g/mol. The first-order valence-electron chi connectivity index (χ1n) is 10.9. The van der Waals surface area contributed by atoms with Gasteiger partial charge in [0.25, 0.3) is 0 Å². The highest BCUT2D eigenvalue weighted by Crippen LogP contribution is 2.29. The Kier molecular flexibility index (Phi) is 4.32. The molecule has 0 amide bonds. The molecule has 31 heavy (non-hydrogen) atoms. The molecule has 148 valence electrons. The van der Waals surface area contributed by atoms with E-state index < -0.39 is 0 Å². The Morgan fingerprint density at radius 2 is 1.35 bits per heavy atom. The summed E-state index contributed by atoms with van der Waals surface area (Å²) in [6.07, 6.45) is 5.90. The van der Waals surface area contributed by atoms with Gasteiger partial charge in [-0.1, -0.05) is 103 Å². The minimum absolute atomic E-state index is 0.381. The molecule has 1 heterocycles. The van der Waals surface area contributed by atoms with Crippen LogP contribution in [0.15, 0.2) is 109 Å². The van der Waals surface area contributed by atoms with Crippen molar-refractivity contribution in [3.8, 4) is 16.8 Å². The molecule has 6 rings (SSSR count). The Morgan fingerprint density at radius 1 is 0.645 bits per heavy atom. The van der Waals surface area contributed by atoms with Gasteiger partial charge in [0.05, 0.1) is 5.52 Å². The van der Waals surface area contributed by atoms with Crippen LogP contribution in [0.3, 0.4) is 0 Å². The maximum atomic E-state index is 2.47.